The maximum atomic E-state index is 11.3. The van der Waals surface area contributed by atoms with Crippen molar-refractivity contribution in [1.82, 2.24) is 0 Å². The maximum Gasteiger partial charge on any atom is 0.303 e. The maximum absolute atomic E-state index is 11.3. The zero-order valence-electron chi connectivity index (χ0n) is 21.1. The molecule has 0 heterocycles. The van der Waals surface area contributed by atoms with Crippen LogP contribution in [0.1, 0.15) is 110 Å². The molecular weight excluding hydrogens is 396 g/mol. The van der Waals surface area contributed by atoms with Gasteiger partial charge in [0.05, 0.1) is 17.8 Å². The Kier molecular flexibility index (Phi) is 8.52. The summed E-state index contributed by atoms with van der Waals surface area (Å²) in [6.45, 7) is 12.5. The van der Waals surface area contributed by atoms with E-state index >= 15 is 0 Å². The Morgan fingerprint density at radius 3 is 2.34 bits per heavy atom. The molecule has 0 unspecified atom stereocenters. The third-order valence-corrected chi connectivity index (χ3v) is 7.66. The first kappa shape index (κ1) is 24.9. The largest absolute Gasteiger partial charge is 0.481 e. The molecule has 4 nitrogen and oxygen atoms in total. The van der Waals surface area contributed by atoms with Crippen LogP contribution in [-0.4, -0.2) is 29.7 Å². The molecule has 0 radical (unpaired) electrons. The second kappa shape index (κ2) is 10.9. The molecule has 2 N–H and O–H groups in total. The van der Waals surface area contributed by atoms with Crippen LogP contribution in [0, 0.1) is 11.3 Å². The fourth-order valence-electron chi connectivity index (χ4n) is 5.60. The van der Waals surface area contributed by atoms with Crippen LogP contribution >= 0.6 is 0 Å². The van der Waals surface area contributed by atoms with Gasteiger partial charge in [0, 0.05) is 18.6 Å². The van der Waals surface area contributed by atoms with E-state index in [0.717, 1.165) is 12.1 Å². The summed E-state index contributed by atoms with van der Waals surface area (Å²) in [4.78, 5) is 14.0. The standard InChI is InChI=1S/C28H46N2O2/c1-20(2)19-30(24-9-7-6-8-10-24)26-12-11-22(21(3)17-27(31)32)18-25(26)29-23-13-15-28(4,5)16-14-23/h11-12,18,20-21,23-24,29H,6-10,13-17,19H2,1-5H3,(H,31,32)/t21-/m1/s1. The van der Waals surface area contributed by atoms with Crippen molar-refractivity contribution in [2.45, 2.75) is 117 Å². The average molecular weight is 443 g/mol. The van der Waals surface area contributed by atoms with Crippen molar-refractivity contribution in [3.05, 3.63) is 23.8 Å². The van der Waals surface area contributed by atoms with Gasteiger partial charge in [0.2, 0.25) is 0 Å². The predicted octanol–water partition coefficient (Wildman–Crippen LogP) is 7.44. The second-order valence-corrected chi connectivity index (χ2v) is 11.7. The molecule has 0 amide bonds. The topological polar surface area (TPSA) is 52.6 Å². The highest BCUT2D eigenvalue weighted by Crippen LogP contribution is 2.40. The van der Waals surface area contributed by atoms with E-state index in [2.05, 4.69) is 56.1 Å². The molecule has 2 saturated carbocycles. The summed E-state index contributed by atoms with van der Waals surface area (Å²) >= 11 is 0. The van der Waals surface area contributed by atoms with Crippen LogP contribution in [-0.2, 0) is 4.79 Å². The summed E-state index contributed by atoms with van der Waals surface area (Å²) in [6, 6.07) is 7.82. The molecule has 0 aromatic heterocycles. The molecule has 0 saturated heterocycles. The van der Waals surface area contributed by atoms with Gasteiger partial charge in [-0.25, -0.2) is 0 Å². The van der Waals surface area contributed by atoms with Crippen molar-refractivity contribution in [3.8, 4) is 0 Å². The minimum absolute atomic E-state index is 0.0145. The number of nitrogens with zero attached hydrogens (tertiary/aromatic N) is 1. The number of hydrogen-bond donors (Lipinski definition) is 2. The lowest BCUT2D eigenvalue weighted by Crippen LogP contribution is -2.40. The first-order valence-electron chi connectivity index (χ1n) is 13.0. The van der Waals surface area contributed by atoms with Crippen LogP contribution in [0.4, 0.5) is 11.4 Å². The Hall–Kier alpha value is -1.71. The Morgan fingerprint density at radius 2 is 1.75 bits per heavy atom. The molecule has 2 aliphatic carbocycles. The molecule has 32 heavy (non-hydrogen) atoms. The number of carbonyl (C=O) groups is 1. The van der Waals surface area contributed by atoms with E-state index in [1.54, 1.807) is 0 Å². The van der Waals surface area contributed by atoms with Crippen LogP contribution in [0.5, 0.6) is 0 Å². The van der Waals surface area contributed by atoms with Crippen molar-refractivity contribution >= 4 is 17.3 Å². The molecule has 180 valence electrons. The third-order valence-electron chi connectivity index (χ3n) is 7.66. The van der Waals surface area contributed by atoms with Gasteiger partial charge >= 0.3 is 5.97 Å². The van der Waals surface area contributed by atoms with Crippen molar-refractivity contribution in [3.63, 3.8) is 0 Å². The quantitative estimate of drug-likeness (QED) is 0.417. The van der Waals surface area contributed by atoms with E-state index in [1.807, 2.05) is 6.92 Å². The fraction of sp³-hybridized carbons (Fsp3) is 0.750. The Morgan fingerprint density at radius 1 is 1.09 bits per heavy atom. The molecule has 2 fully saturated rings. The molecular formula is C28H46N2O2. The van der Waals surface area contributed by atoms with Crippen LogP contribution in [0.25, 0.3) is 0 Å². The number of nitrogens with one attached hydrogen (secondary N) is 1. The molecule has 3 rings (SSSR count). The van der Waals surface area contributed by atoms with Gasteiger partial charge in [-0.3, -0.25) is 4.79 Å². The number of aliphatic carboxylic acids is 1. The number of benzene rings is 1. The summed E-state index contributed by atoms with van der Waals surface area (Å²) in [5.41, 5.74) is 4.12. The summed E-state index contributed by atoms with van der Waals surface area (Å²) in [7, 11) is 0. The van der Waals surface area contributed by atoms with E-state index in [-0.39, 0.29) is 12.3 Å². The summed E-state index contributed by atoms with van der Waals surface area (Å²) in [5, 5.41) is 13.3. The van der Waals surface area contributed by atoms with Gasteiger partial charge in [-0.2, -0.15) is 0 Å². The Bertz CT molecular complexity index is 742. The van der Waals surface area contributed by atoms with Gasteiger partial charge in [0.25, 0.3) is 0 Å². The van der Waals surface area contributed by atoms with Crippen LogP contribution < -0.4 is 10.2 Å². The first-order chi connectivity index (χ1) is 15.1. The zero-order chi connectivity index (χ0) is 23.3. The molecule has 0 aliphatic heterocycles. The number of rotatable bonds is 9. The van der Waals surface area contributed by atoms with Gasteiger partial charge < -0.3 is 15.3 Å². The second-order valence-electron chi connectivity index (χ2n) is 11.7. The molecule has 2 aliphatic rings. The van der Waals surface area contributed by atoms with Gasteiger partial charge in [0.15, 0.2) is 0 Å². The molecule has 1 atom stereocenters. The third kappa shape index (κ3) is 6.89. The number of carboxylic acids is 1. The average Bonchev–Trinajstić information content (AvgIpc) is 2.74. The minimum Gasteiger partial charge on any atom is -0.481 e. The van der Waals surface area contributed by atoms with Gasteiger partial charge in [-0.15, -0.1) is 0 Å². The highest BCUT2D eigenvalue weighted by Gasteiger charge is 2.29. The number of anilines is 2. The molecule has 1 aromatic carbocycles. The Balaban J connectivity index is 1.91. The SMILES string of the molecule is CC(C)CN(c1ccc([C@H](C)CC(=O)O)cc1NC1CCC(C)(C)CC1)C1CCCCC1. The van der Waals surface area contributed by atoms with Crippen LogP contribution in [0.15, 0.2) is 18.2 Å². The number of carboxylic acid groups (broad SMARTS) is 1. The van der Waals surface area contributed by atoms with Gasteiger partial charge in [0.1, 0.15) is 0 Å². The Labute approximate surface area is 196 Å². The molecule has 0 bridgehead atoms. The lowest BCUT2D eigenvalue weighted by Gasteiger charge is -2.40. The van der Waals surface area contributed by atoms with Gasteiger partial charge in [-0.05, 0) is 73.5 Å². The van der Waals surface area contributed by atoms with Crippen molar-refractivity contribution in [1.29, 1.82) is 0 Å². The van der Waals surface area contributed by atoms with E-state index in [4.69, 9.17) is 0 Å². The van der Waals surface area contributed by atoms with Crippen LogP contribution in [0.3, 0.4) is 0 Å². The lowest BCUT2D eigenvalue weighted by atomic mass is 9.75. The summed E-state index contributed by atoms with van der Waals surface area (Å²) < 4.78 is 0. The molecule has 1 aromatic rings. The van der Waals surface area contributed by atoms with Gasteiger partial charge in [-0.1, -0.05) is 59.9 Å². The summed E-state index contributed by atoms with van der Waals surface area (Å²) in [5.74, 6) is -0.110. The summed E-state index contributed by atoms with van der Waals surface area (Å²) in [6.07, 6.45) is 11.7. The molecule has 0 spiro atoms. The predicted molar refractivity (Wildman–Crippen MR) is 136 cm³/mol. The van der Waals surface area contributed by atoms with E-state index in [0.29, 0.717) is 23.4 Å². The lowest BCUT2D eigenvalue weighted by molar-refractivity contribution is -0.137. The van der Waals surface area contributed by atoms with E-state index in [9.17, 15) is 9.90 Å². The highest BCUT2D eigenvalue weighted by atomic mass is 16.4. The van der Waals surface area contributed by atoms with E-state index in [1.165, 1.54) is 69.2 Å². The zero-order valence-corrected chi connectivity index (χ0v) is 21.1. The highest BCUT2D eigenvalue weighted by molar-refractivity contribution is 5.73. The number of hydrogen-bond acceptors (Lipinski definition) is 3. The normalized spacial score (nSPS) is 20.8. The fourth-order valence-corrected chi connectivity index (χ4v) is 5.60. The monoisotopic (exact) mass is 442 g/mol. The van der Waals surface area contributed by atoms with Crippen molar-refractivity contribution in [2.24, 2.45) is 11.3 Å². The van der Waals surface area contributed by atoms with Crippen LogP contribution in [0.2, 0.25) is 0 Å². The smallest absolute Gasteiger partial charge is 0.303 e. The minimum atomic E-state index is -0.728. The molecule has 4 heteroatoms. The van der Waals surface area contributed by atoms with Crippen molar-refractivity contribution in [2.75, 3.05) is 16.8 Å². The van der Waals surface area contributed by atoms with E-state index < -0.39 is 5.97 Å². The van der Waals surface area contributed by atoms with Crippen molar-refractivity contribution < 1.29 is 9.90 Å². The first-order valence-corrected chi connectivity index (χ1v) is 13.0.